The third kappa shape index (κ3) is 3.62. The Morgan fingerprint density at radius 1 is 1.64 bits per heavy atom. The molecule has 0 saturated carbocycles. The Morgan fingerprint density at radius 2 is 2.36 bits per heavy atom. The average molecular weight is 165 g/mol. The van der Waals surface area contributed by atoms with Crippen molar-refractivity contribution in [2.75, 3.05) is 19.8 Å². The number of nitrogens with one attached hydrogen (secondary N) is 1. The van der Waals surface area contributed by atoms with Crippen LogP contribution in [0.4, 0.5) is 8.78 Å². The molecule has 1 fully saturated rings. The van der Waals surface area contributed by atoms with Crippen LogP contribution in [-0.4, -0.2) is 31.7 Å². The van der Waals surface area contributed by atoms with Gasteiger partial charge in [-0.3, -0.25) is 0 Å². The van der Waals surface area contributed by atoms with Crippen molar-refractivity contribution in [3.05, 3.63) is 0 Å². The van der Waals surface area contributed by atoms with E-state index in [0.717, 1.165) is 13.3 Å². The maximum absolute atomic E-state index is 12.3. The minimum atomic E-state index is -2.61. The summed E-state index contributed by atoms with van der Waals surface area (Å²) in [4.78, 5) is 0. The van der Waals surface area contributed by atoms with Crippen molar-refractivity contribution in [1.29, 1.82) is 0 Å². The smallest absolute Gasteiger partial charge is 0.257 e. The van der Waals surface area contributed by atoms with E-state index in [9.17, 15) is 8.78 Å². The van der Waals surface area contributed by atoms with Crippen molar-refractivity contribution in [3.8, 4) is 0 Å². The summed E-state index contributed by atoms with van der Waals surface area (Å²) in [6.45, 7) is 1.92. The van der Waals surface area contributed by atoms with Crippen molar-refractivity contribution in [3.63, 3.8) is 0 Å². The Hall–Kier alpha value is -0.220. The first-order valence-corrected chi connectivity index (χ1v) is 3.77. The van der Waals surface area contributed by atoms with E-state index in [-0.39, 0.29) is 12.6 Å². The zero-order valence-electron chi connectivity index (χ0n) is 6.57. The van der Waals surface area contributed by atoms with Gasteiger partial charge in [-0.25, -0.2) is 8.78 Å². The van der Waals surface area contributed by atoms with Gasteiger partial charge in [-0.1, -0.05) is 0 Å². The normalized spacial score (nSPS) is 25.9. The largest absolute Gasteiger partial charge is 0.380 e. The summed E-state index contributed by atoms with van der Waals surface area (Å²) in [5.74, 6) is -2.61. The minimum absolute atomic E-state index is 0.126. The van der Waals surface area contributed by atoms with Crippen molar-refractivity contribution >= 4 is 0 Å². The van der Waals surface area contributed by atoms with Crippen LogP contribution in [0.1, 0.15) is 13.3 Å². The number of alkyl halides is 2. The Kier molecular flexibility index (Phi) is 2.78. The average Bonchev–Trinajstić information content (AvgIpc) is 2.32. The molecular formula is C7H13F2NO. The minimum Gasteiger partial charge on any atom is -0.380 e. The van der Waals surface area contributed by atoms with Crippen molar-refractivity contribution < 1.29 is 13.5 Å². The second kappa shape index (κ2) is 3.45. The molecule has 0 aliphatic carbocycles. The highest BCUT2D eigenvalue weighted by Gasteiger charge is 2.23. The van der Waals surface area contributed by atoms with Crippen LogP contribution >= 0.6 is 0 Å². The van der Waals surface area contributed by atoms with Crippen LogP contribution in [-0.2, 0) is 4.74 Å². The number of hydrogen-bond acceptors (Lipinski definition) is 2. The predicted octanol–water partition coefficient (Wildman–Crippen LogP) is 1.02. The maximum atomic E-state index is 12.3. The fourth-order valence-corrected chi connectivity index (χ4v) is 1.02. The number of hydrogen-bond donors (Lipinski definition) is 1. The lowest BCUT2D eigenvalue weighted by molar-refractivity contribution is 0.0195. The van der Waals surface area contributed by atoms with Gasteiger partial charge in [0.2, 0.25) is 0 Å². The number of halogens is 2. The quantitative estimate of drug-likeness (QED) is 0.674. The van der Waals surface area contributed by atoms with E-state index in [0.29, 0.717) is 13.2 Å². The van der Waals surface area contributed by atoms with Crippen molar-refractivity contribution in [2.45, 2.75) is 25.3 Å². The van der Waals surface area contributed by atoms with E-state index >= 15 is 0 Å². The Bertz CT molecular complexity index is 118. The molecule has 1 saturated heterocycles. The third-order valence-electron chi connectivity index (χ3n) is 1.63. The highest BCUT2D eigenvalue weighted by Crippen LogP contribution is 2.11. The second-order valence-electron chi connectivity index (χ2n) is 3.01. The molecule has 0 bridgehead atoms. The SMILES string of the molecule is CC(F)(F)CNC1CCOC1. The molecule has 0 amide bonds. The zero-order valence-corrected chi connectivity index (χ0v) is 6.57. The van der Waals surface area contributed by atoms with Crippen molar-refractivity contribution in [2.24, 2.45) is 0 Å². The molecule has 1 unspecified atom stereocenters. The lowest BCUT2D eigenvalue weighted by Crippen LogP contribution is -2.37. The Balaban J connectivity index is 2.11. The monoisotopic (exact) mass is 165 g/mol. The predicted molar refractivity (Wildman–Crippen MR) is 37.8 cm³/mol. The first-order valence-electron chi connectivity index (χ1n) is 3.77. The molecule has 1 aliphatic heterocycles. The summed E-state index contributed by atoms with van der Waals surface area (Å²) in [6.07, 6.45) is 0.843. The van der Waals surface area contributed by atoms with E-state index in [1.165, 1.54) is 0 Å². The molecule has 0 spiro atoms. The van der Waals surface area contributed by atoms with Crippen LogP contribution in [0.15, 0.2) is 0 Å². The van der Waals surface area contributed by atoms with Crippen LogP contribution < -0.4 is 5.32 Å². The van der Waals surface area contributed by atoms with Crippen LogP contribution in [0.3, 0.4) is 0 Å². The fraction of sp³-hybridized carbons (Fsp3) is 1.00. The van der Waals surface area contributed by atoms with Gasteiger partial charge in [0.1, 0.15) is 0 Å². The molecule has 2 nitrogen and oxygen atoms in total. The summed E-state index contributed by atoms with van der Waals surface area (Å²) in [7, 11) is 0. The Morgan fingerprint density at radius 3 is 2.82 bits per heavy atom. The standard InChI is InChI=1S/C7H13F2NO/c1-7(8,9)5-10-6-2-3-11-4-6/h6,10H,2-5H2,1H3. The van der Waals surface area contributed by atoms with Gasteiger partial charge >= 0.3 is 0 Å². The number of ether oxygens (including phenoxy) is 1. The molecule has 1 atom stereocenters. The van der Waals surface area contributed by atoms with E-state index < -0.39 is 5.92 Å². The van der Waals surface area contributed by atoms with E-state index in [2.05, 4.69) is 5.32 Å². The Labute approximate surface area is 64.9 Å². The first kappa shape index (κ1) is 8.87. The van der Waals surface area contributed by atoms with Crippen LogP contribution in [0.2, 0.25) is 0 Å². The molecule has 0 aromatic rings. The molecule has 0 aromatic heterocycles. The summed E-state index contributed by atoms with van der Waals surface area (Å²) in [5, 5.41) is 2.75. The van der Waals surface area contributed by atoms with Gasteiger partial charge in [-0.15, -0.1) is 0 Å². The molecule has 66 valence electrons. The summed E-state index contributed by atoms with van der Waals surface area (Å²) >= 11 is 0. The van der Waals surface area contributed by atoms with Gasteiger partial charge in [0.15, 0.2) is 0 Å². The van der Waals surface area contributed by atoms with E-state index in [4.69, 9.17) is 4.74 Å². The second-order valence-corrected chi connectivity index (χ2v) is 3.01. The lowest BCUT2D eigenvalue weighted by atomic mass is 10.2. The molecule has 1 rings (SSSR count). The number of rotatable bonds is 3. The van der Waals surface area contributed by atoms with Gasteiger partial charge in [-0.05, 0) is 6.42 Å². The fourth-order valence-electron chi connectivity index (χ4n) is 1.02. The highest BCUT2D eigenvalue weighted by atomic mass is 19.3. The molecular weight excluding hydrogens is 152 g/mol. The summed E-state index contributed by atoms with van der Waals surface area (Å²) < 4.78 is 29.6. The molecule has 0 radical (unpaired) electrons. The molecule has 11 heavy (non-hydrogen) atoms. The van der Waals surface area contributed by atoms with Crippen LogP contribution in [0, 0.1) is 0 Å². The van der Waals surface area contributed by atoms with Crippen LogP contribution in [0.25, 0.3) is 0 Å². The maximum Gasteiger partial charge on any atom is 0.257 e. The van der Waals surface area contributed by atoms with Gasteiger partial charge in [0, 0.05) is 19.6 Å². The molecule has 4 heteroatoms. The molecule has 1 heterocycles. The van der Waals surface area contributed by atoms with Crippen molar-refractivity contribution in [1.82, 2.24) is 5.32 Å². The highest BCUT2D eigenvalue weighted by molar-refractivity contribution is 4.74. The summed E-state index contributed by atoms with van der Waals surface area (Å²) in [6, 6.07) is 0.126. The van der Waals surface area contributed by atoms with E-state index in [1.54, 1.807) is 0 Å². The van der Waals surface area contributed by atoms with Gasteiger partial charge in [0.05, 0.1) is 13.2 Å². The molecule has 0 aromatic carbocycles. The zero-order chi connectivity index (χ0) is 8.32. The van der Waals surface area contributed by atoms with Gasteiger partial charge in [0.25, 0.3) is 5.92 Å². The first-order chi connectivity index (χ1) is 5.08. The summed E-state index contributed by atoms with van der Waals surface area (Å²) in [5.41, 5.74) is 0. The van der Waals surface area contributed by atoms with Gasteiger partial charge < -0.3 is 10.1 Å². The third-order valence-corrected chi connectivity index (χ3v) is 1.63. The van der Waals surface area contributed by atoms with Crippen LogP contribution in [0.5, 0.6) is 0 Å². The molecule has 1 N–H and O–H groups in total. The lowest BCUT2D eigenvalue weighted by Gasteiger charge is -2.14. The molecule has 1 aliphatic rings. The van der Waals surface area contributed by atoms with E-state index in [1.807, 2.05) is 0 Å². The van der Waals surface area contributed by atoms with Gasteiger partial charge in [-0.2, -0.15) is 0 Å². The topological polar surface area (TPSA) is 21.3 Å².